The summed E-state index contributed by atoms with van der Waals surface area (Å²) >= 11 is 3.48. The van der Waals surface area contributed by atoms with E-state index in [9.17, 15) is 14.4 Å². The molecular formula is C23H21BrN2O3. The van der Waals surface area contributed by atoms with Gasteiger partial charge in [0.15, 0.2) is 5.78 Å². The van der Waals surface area contributed by atoms with Crippen molar-refractivity contribution in [2.45, 2.75) is 31.8 Å². The number of Topliss-reactive ketones (excluding diaryl/α,β-unsaturated/α-hetero) is 1. The van der Waals surface area contributed by atoms with Crippen LogP contribution in [-0.4, -0.2) is 35.1 Å². The summed E-state index contributed by atoms with van der Waals surface area (Å²) in [7, 11) is 0. The van der Waals surface area contributed by atoms with Crippen LogP contribution in [0.1, 0.15) is 41.7 Å². The predicted octanol–water partition coefficient (Wildman–Crippen LogP) is 3.98. The summed E-state index contributed by atoms with van der Waals surface area (Å²) in [5.41, 5.74) is 2.21. The van der Waals surface area contributed by atoms with Gasteiger partial charge in [-0.25, -0.2) is 4.90 Å². The molecule has 4 unspecified atom stereocenters. The number of nitrogens with zero attached hydrogens (tertiary/aromatic N) is 2. The second kappa shape index (κ2) is 6.89. The maximum Gasteiger partial charge on any atom is 0.239 e. The van der Waals surface area contributed by atoms with Crippen molar-refractivity contribution in [1.29, 1.82) is 0 Å². The molecular weight excluding hydrogens is 432 g/mol. The molecule has 0 saturated carbocycles. The quantitative estimate of drug-likeness (QED) is 0.521. The summed E-state index contributed by atoms with van der Waals surface area (Å²) in [6, 6.07) is 14.9. The van der Waals surface area contributed by atoms with E-state index in [2.05, 4.69) is 33.0 Å². The predicted molar refractivity (Wildman–Crippen MR) is 113 cm³/mol. The third-order valence-corrected chi connectivity index (χ3v) is 7.12. The topological polar surface area (TPSA) is 57.7 Å². The lowest BCUT2D eigenvalue weighted by atomic mass is 9.85. The Kier molecular flexibility index (Phi) is 4.44. The van der Waals surface area contributed by atoms with E-state index in [1.54, 1.807) is 24.3 Å². The van der Waals surface area contributed by atoms with Gasteiger partial charge in [0.1, 0.15) is 0 Å². The molecule has 3 aliphatic rings. The van der Waals surface area contributed by atoms with Crippen LogP contribution in [0.15, 0.2) is 53.0 Å². The first-order valence-electron chi connectivity index (χ1n) is 9.97. The zero-order valence-electron chi connectivity index (χ0n) is 16.0. The van der Waals surface area contributed by atoms with Crippen LogP contribution < -0.4 is 4.90 Å². The fourth-order valence-corrected chi connectivity index (χ4v) is 5.62. The summed E-state index contributed by atoms with van der Waals surface area (Å²) < 4.78 is 0.995. The smallest absolute Gasteiger partial charge is 0.239 e. The van der Waals surface area contributed by atoms with Gasteiger partial charge in [-0.2, -0.15) is 0 Å². The van der Waals surface area contributed by atoms with Crippen LogP contribution in [0.2, 0.25) is 0 Å². The Morgan fingerprint density at radius 1 is 0.966 bits per heavy atom. The monoisotopic (exact) mass is 452 g/mol. The van der Waals surface area contributed by atoms with E-state index >= 15 is 0 Å². The van der Waals surface area contributed by atoms with Crippen molar-refractivity contribution in [2.24, 2.45) is 11.8 Å². The van der Waals surface area contributed by atoms with E-state index in [0.29, 0.717) is 11.3 Å². The molecule has 2 aromatic rings. The van der Waals surface area contributed by atoms with Crippen LogP contribution in [0.4, 0.5) is 5.69 Å². The Balaban J connectivity index is 1.54. The van der Waals surface area contributed by atoms with Gasteiger partial charge < -0.3 is 0 Å². The molecule has 3 fully saturated rings. The third-order valence-electron chi connectivity index (χ3n) is 6.60. The minimum Gasteiger partial charge on any atom is -0.295 e. The molecule has 5 rings (SSSR count). The van der Waals surface area contributed by atoms with Gasteiger partial charge in [-0.15, -0.1) is 0 Å². The highest BCUT2D eigenvalue weighted by Gasteiger charge is 2.63. The molecule has 0 radical (unpaired) electrons. The summed E-state index contributed by atoms with van der Waals surface area (Å²) in [4.78, 5) is 42.2. The molecule has 0 spiro atoms. The molecule has 3 saturated heterocycles. The molecule has 3 heterocycles. The van der Waals surface area contributed by atoms with E-state index < -0.39 is 0 Å². The van der Waals surface area contributed by atoms with E-state index in [1.165, 1.54) is 11.8 Å². The van der Waals surface area contributed by atoms with Crippen LogP contribution >= 0.6 is 15.9 Å². The number of hydrogen-bond donors (Lipinski definition) is 0. The standard InChI is InChI=1S/C23H21BrN2O3/c1-13(27)14-6-10-17(11-7-14)26-22(28)19-18-3-2-12-25(18)21(20(19)23(26)29)15-4-8-16(24)9-5-15/h4-11,18-21H,2-3,12H2,1H3. The number of amides is 2. The van der Waals surface area contributed by atoms with Crippen LogP contribution in [0.25, 0.3) is 0 Å². The number of carbonyl (C=O) groups is 3. The van der Waals surface area contributed by atoms with E-state index in [-0.39, 0.29) is 41.5 Å². The number of hydrogen-bond acceptors (Lipinski definition) is 4. The number of benzene rings is 2. The van der Waals surface area contributed by atoms with Crippen molar-refractivity contribution < 1.29 is 14.4 Å². The highest BCUT2D eigenvalue weighted by molar-refractivity contribution is 9.10. The third kappa shape index (κ3) is 2.81. The summed E-state index contributed by atoms with van der Waals surface area (Å²) in [5, 5.41) is 0. The van der Waals surface area contributed by atoms with E-state index in [0.717, 1.165) is 29.4 Å². The second-order valence-electron chi connectivity index (χ2n) is 8.11. The lowest BCUT2D eigenvalue weighted by Crippen LogP contribution is -2.39. The number of carbonyl (C=O) groups excluding carboxylic acids is 3. The first-order valence-corrected chi connectivity index (χ1v) is 10.8. The van der Waals surface area contributed by atoms with Crippen molar-refractivity contribution in [3.8, 4) is 0 Å². The average Bonchev–Trinajstić information content (AvgIpc) is 3.35. The van der Waals surface area contributed by atoms with Gasteiger partial charge in [-0.1, -0.05) is 28.1 Å². The highest BCUT2D eigenvalue weighted by Crippen LogP contribution is 2.53. The molecule has 0 N–H and O–H groups in total. The molecule has 148 valence electrons. The summed E-state index contributed by atoms with van der Waals surface area (Å²) in [5.74, 6) is -0.929. The van der Waals surface area contributed by atoms with E-state index in [4.69, 9.17) is 0 Å². The van der Waals surface area contributed by atoms with Gasteiger partial charge in [0.25, 0.3) is 0 Å². The minimum absolute atomic E-state index is 0.0376. The van der Waals surface area contributed by atoms with Crippen LogP contribution in [0.5, 0.6) is 0 Å². The second-order valence-corrected chi connectivity index (χ2v) is 9.03. The highest BCUT2D eigenvalue weighted by atomic mass is 79.9. The fraction of sp³-hybridized carbons (Fsp3) is 0.348. The van der Waals surface area contributed by atoms with Gasteiger partial charge >= 0.3 is 0 Å². The van der Waals surface area contributed by atoms with Crippen molar-refractivity contribution in [1.82, 2.24) is 4.90 Å². The maximum atomic E-state index is 13.5. The zero-order valence-corrected chi connectivity index (χ0v) is 17.6. The molecule has 4 atom stereocenters. The molecule has 0 bridgehead atoms. The molecule has 29 heavy (non-hydrogen) atoms. The van der Waals surface area contributed by atoms with Gasteiger partial charge in [-0.05, 0) is 68.3 Å². The largest absolute Gasteiger partial charge is 0.295 e. The first kappa shape index (κ1) is 18.7. The first-order chi connectivity index (χ1) is 14.0. The Morgan fingerprint density at radius 3 is 2.28 bits per heavy atom. The number of imide groups is 1. The Bertz CT molecular complexity index is 1000. The van der Waals surface area contributed by atoms with Gasteiger partial charge in [0, 0.05) is 22.1 Å². The lowest BCUT2D eigenvalue weighted by Gasteiger charge is -2.29. The van der Waals surface area contributed by atoms with Crippen LogP contribution in [0, 0.1) is 11.8 Å². The number of ketones is 1. The van der Waals surface area contributed by atoms with Crippen LogP contribution in [0.3, 0.4) is 0 Å². The number of rotatable bonds is 3. The Labute approximate surface area is 177 Å². The molecule has 6 heteroatoms. The van der Waals surface area contributed by atoms with Crippen molar-refractivity contribution in [2.75, 3.05) is 11.4 Å². The molecule has 5 nitrogen and oxygen atoms in total. The Morgan fingerprint density at radius 2 is 1.62 bits per heavy atom. The number of anilines is 1. The number of fused-ring (bicyclic) bond motifs is 3. The zero-order chi connectivity index (χ0) is 20.3. The molecule has 2 aromatic carbocycles. The average molecular weight is 453 g/mol. The summed E-state index contributed by atoms with van der Waals surface area (Å²) in [6.07, 6.45) is 2.00. The molecule has 0 aliphatic carbocycles. The van der Waals surface area contributed by atoms with Crippen molar-refractivity contribution >= 4 is 39.2 Å². The fourth-order valence-electron chi connectivity index (χ4n) is 5.36. The Hall–Kier alpha value is -2.31. The summed E-state index contributed by atoms with van der Waals surface area (Å²) in [6.45, 7) is 2.43. The maximum absolute atomic E-state index is 13.5. The van der Waals surface area contributed by atoms with Gasteiger partial charge in [-0.3, -0.25) is 19.3 Å². The minimum atomic E-state index is -0.360. The van der Waals surface area contributed by atoms with Crippen molar-refractivity contribution in [3.63, 3.8) is 0 Å². The normalized spacial score (nSPS) is 28.7. The number of halogens is 1. The molecule has 2 amide bonds. The van der Waals surface area contributed by atoms with Gasteiger partial charge in [0.05, 0.1) is 17.5 Å². The van der Waals surface area contributed by atoms with Gasteiger partial charge in [0.2, 0.25) is 11.8 Å². The van der Waals surface area contributed by atoms with Crippen molar-refractivity contribution in [3.05, 3.63) is 64.1 Å². The lowest BCUT2D eigenvalue weighted by molar-refractivity contribution is -0.123. The SMILES string of the molecule is CC(=O)c1ccc(N2C(=O)C3C(C2=O)C(c2ccc(Br)cc2)N2CCCC32)cc1. The molecule has 3 aliphatic heterocycles. The van der Waals surface area contributed by atoms with E-state index in [1.807, 2.05) is 12.1 Å². The van der Waals surface area contributed by atoms with Crippen LogP contribution in [-0.2, 0) is 9.59 Å². The molecule has 0 aromatic heterocycles.